The largest absolute Gasteiger partial charge is 0.491 e. The lowest BCUT2D eigenvalue weighted by Gasteiger charge is -2.12. The van der Waals surface area contributed by atoms with E-state index in [4.69, 9.17) is 10.5 Å². The summed E-state index contributed by atoms with van der Waals surface area (Å²) in [5, 5.41) is 12.5. The van der Waals surface area contributed by atoms with Crippen LogP contribution in [0.4, 0.5) is 0 Å². The van der Waals surface area contributed by atoms with Crippen molar-refractivity contribution >= 4 is 5.91 Å². The van der Waals surface area contributed by atoms with Gasteiger partial charge in [-0.3, -0.25) is 4.79 Å². The zero-order valence-electron chi connectivity index (χ0n) is 9.85. The van der Waals surface area contributed by atoms with Gasteiger partial charge < -0.3 is 20.9 Å². The number of nitrogens with two attached hydrogens (primary N) is 1. The highest BCUT2D eigenvalue weighted by Gasteiger charge is 2.05. The molecular weight excluding hydrogens is 220 g/mol. The van der Waals surface area contributed by atoms with Crippen LogP contribution in [0.25, 0.3) is 0 Å². The monoisotopic (exact) mass is 238 g/mol. The van der Waals surface area contributed by atoms with E-state index in [9.17, 15) is 9.90 Å². The fraction of sp³-hybridized carbons (Fsp3) is 0.417. The van der Waals surface area contributed by atoms with Gasteiger partial charge in [0.15, 0.2) is 0 Å². The van der Waals surface area contributed by atoms with Crippen LogP contribution in [-0.4, -0.2) is 36.8 Å². The Kier molecular flexibility index (Phi) is 5.45. The summed E-state index contributed by atoms with van der Waals surface area (Å²) >= 11 is 0. The van der Waals surface area contributed by atoms with E-state index in [1.807, 2.05) is 6.92 Å². The van der Waals surface area contributed by atoms with E-state index in [-0.39, 0.29) is 6.61 Å². The lowest BCUT2D eigenvalue weighted by molar-refractivity contribution is 0.0998. The molecule has 0 bridgehead atoms. The summed E-state index contributed by atoms with van der Waals surface area (Å²) < 4.78 is 5.36. The number of benzene rings is 1. The fourth-order valence-electron chi connectivity index (χ4n) is 1.28. The van der Waals surface area contributed by atoms with Gasteiger partial charge in [0.05, 0.1) is 0 Å². The smallest absolute Gasteiger partial charge is 0.248 e. The quantitative estimate of drug-likeness (QED) is 0.630. The van der Waals surface area contributed by atoms with Crippen molar-refractivity contribution in [3.63, 3.8) is 0 Å². The highest BCUT2D eigenvalue weighted by Crippen LogP contribution is 2.11. The van der Waals surface area contributed by atoms with Crippen molar-refractivity contribution in [3.8, 4) is 5.75 Å². The number of aliphatic hydroxyl groups excluding tert-OH is 1. The number of aliphatic hydroxyl groups is 1. The third-order valence-electron chi connectivity index (χ3n) is 2.21. The van der Waals surface area contributed by atoms with Gasteiger partial charge in [0.2, 0.25) is 5.91 Å². The first-order valence-electron chi connectivity index (χ1n) is 5.55. The second-order valence-electron chi connectivity index (χ2n) is 3.66. The Labute approximate surface area is 101 Å². The number of likely N-dealkylation sites (N-methyl/N-ethyl adjacent to an activating group) is 1. The minimum absolute atomic E-state index is 0.211. The van der Waals surface area contributed by atoms with Gasteiger partial charge >= 0.3 is 0 Å². The van der Waals surface area contributed by atoms with Crippen LogP contribution in [0.2, 0.25) is 0 Å². The SMILES string of the molecule is CCNCC(O)COc1ccc(C(N)=O)cc1. The molecule has 5 heteroatoms. The van der Waals surface area contributed by atoms with E-state index in [1.54, 1.807) is 24.3 Å². The number of carbonyl (C=O) groups is 1. The van der Waals surface area contributed by atoms with Gasteiger partial charge in [-0.25, -0.2) is 0 Å². The van der Waals surface area contributed by atoms with Crippen molar-refractivity contribution in [1.29, 1.82) is 0 Å². The molecule has 1 aromatic carbocycles. The summed E-state index contributed by atoms with van der Waals surface area (Å²) in [6, 6.07) is 6.49. The van der Waals surface area contributed by atoms with Crippen LogP contribution in [-0.2, 0) is 0 Å². The van der Waals surface area contributed by atoms with E-state index in [0.717, 1.165) is 6.54 Å². The summed E-state index contributed by atoms with van der Waals surface area (Å²) in [5.74, 6) is 0.134. The lowest BCUT2D eigenvalue weighted by Crippen LogP contribution is -2.31. The Bertz CT molecular complexity index is 351. The molecule has 0 aliphatic heterocycles. The Morgan fingerprint density at radius 1 is 1.47 bits per heavy atom. The molecular formula is C12H18N2O3. The first-order chi connectivity index (χ1) is 8.13. The molecule has 17 heavy (non-hydrogen) atoms. The summed E-state index contributed by atoms with van der Waals surface area (Å²) in [6.45, 7) is 3.49. The molecule has 0 aromatic heterocycles. The normalized spacial score (nSPS) is 12.1. The lowest BCUT2D eigenvalue weighted by atomic mass is 10.2. The summed E-state index contributed by atoms with van der Waals surface area (Å²) in [7, 11) is 0. The maximum absolute atomic E-state index is 10.8. The topological polar surface area (TPSA) is 84.6 Å². The van der Waals surface area contributed by atoms with Crippen LogP contribution in [0.5, 0.6) is 5.75 Å². The molecule has 94 valence electrons. The van der Waals surface area contributed by atoms with Gasteiger partial charge in [-0.1, -0.05) is 6.92 Å². The maximum Gasteiger partial charge on any atom is 0.248 e. The molecule has 1 amide bonds. The van der Waals surface area contributed by atoms with Crippen molar-refractivity contribution in [2.45, 2.75) is 13.0 Å². The molecule has 0 saturated carbocycles. The average molecular weight is 238 g/mol. The summed E-state index contributed by atoms with van der Waals surface area (Å²) in [5.41, 5.74) is 5.55. The molecule has 0 heterocycles. The van der Waals surface area contributed by atoms with E-state index >= 15 is 0 Å². The molecule has 0 aliphatic rings. The molecule has 4 N–H and O–H groups in total. The second kappa shape index (κ2) is 6.88. The van der Waals surface area contributed by atoms with E-state index in [1.165, 1.54) is 0 Å². The summed E-state index contributed by atoms with van der Waals surface area (Å²) in [4.78, 5) is 10.8. The maximum atomic E-state index is 10.8. The standard InChI is InChI=1S/C12H18N2O3/c1-2-14-7-10(15)8-17-11-5-3-9(4-6-11)12(13)16/h3-6,10,14-15H,2,7-8H2,1H3,(H2,13,16). The van der Waals surface area contributed by atoms with Crippen molar-refractivity contribution in [1.82, 2.24) is 5.32 Å². The molecule has 0 radical (unpaired) electrons. The molecule has 5 nitrogen and oxygen atoms in total. The Hall–Kier alpha value is -1.59. The number of hydrogen-bond donors (Lipinski definition) is 3. The van der Waals surface area contributed by atoms with Crippen LogP contribution in [0.15, 0.2) is 24.3 Å². The van der Waals surface area contributed by atoms with E-state index in [2.05, 4.69) is 5.32 Å². The van der Waals surface area contributed by atoms with Crippen LogP contribution in [0.3, 0.4) is 0 Å². The molecule has 1 unspecified atom stereocenters. The number of amides is 1. The van der Waals surface area contributed by atoms with Gasteiger partial charge in [0.1, 0.15) is 18.5 Å². The Morgan fingerprint density at radius 2 is 2.12 bits per heavy atom. The van der Waals surface area contributed by atoms with Gasteiger partial charge in [-0.15, -0.1) is 0 Å². The molecule has 0 fully saturated rings. The fourth-order valence-corrected chi connectivity index (χ4v) is 1.28. The third kappa shape index (κ3) is 4.84. The van der Waals surface area contributed by atoms with Gasteiger partial charge in [-0.05, 0) is 30.8 Å². The Balaban J connectivity index is 2.39. The highest BCUT2D eigenvalue weighted by atomic mass is 16.5. The van der Waals surface area contributed by atoms with Gasteiger partial charge in [-0.2, -0.15) is 0 Å². The van der Waals surface area contributed by atoms with E-state index in [0.29, 0.717) is 17.9 Å². The summed E-state index contributed by atoms with van der Waals surface area (Å²) in [6.07, 6.45) is -0.550. The van der Waals surface area contributed by atoms with E-state index < -0.39 is 12.0 Å². The predicted octanol–water partition coefficient (Wildman–Crippen LogP) is 0.135. The van der Waals surface area contributed by atoms with Crippen LogP contribution in [0, 0.1) is 0 Å². The number of hydrogen-bond acceptors (Lipinski definition) is 4. The molecule has 1 aromatic rings. The minimum Gasteiger partial charge on any atom is -0.491 e. The molecule has 1 rings (SSSR count). The number of rotatable bonds is 7. The van der Waals surface area contributed by atoms with Gasteiger partial charge in [0, 0.05) is 12.1 Å². The minimum atomic E-state index is -0.550. The van der Waals surface area contributed by atoms with Crippen molar-refractivity contribution in [3.05, 3.63) is 29.8 Å². The first kappa shape index (κ1) is 13.5. The zero-order valence-corrected chi connectivity index (χ0v) is 9.85. The highest BCUT2D eigenvalue weighted by molar-refractivity contribution is 5.92. The number of ether oxygens (including phenoxy) is 1. The van der Waals surface area contributed by atoms with Crippen LogP contribution in [0.1, 0.15) is 17.3 Å². The van der Waals surface area contributed by atoms with Crippen molar-refractivity contribution in [2.75, 3.05) is 19.7 Å². The number of nitrogens with one attached hydrogen (secondary N) is 1. The third-order valence-corrected chi connectivity index (χ3v) is 2.21. The number of carbonyl (C=O) groups excluding carboxylic acids is 1. The molecule has 0 aliphatic carbocycles. The number of primary amides is 1. The first-order valence-corrected chi connectivity index (χ1v) is 5.55. The molecule has 0 saturated heterocycles. The molecule has 1 atom stereocenters. The van der Waals surface area contributed by atoms with Crippen molar-refractivity contribution < 1.29 is 14.6 Å². The zero-order chi connectivity index (χ0) is 12.7. The second-order valence-corrected chi connectivity index (χ2v) is 3.66. The molecule has 0 spiro atoms. The van der Waals surface area contributed by atoms with Crippen molar-refractivity contribution in [2.24, 2.45) is 5.73 Å². The van der Waals surface area contributed by atoms with Crippen LogP contribution < -0.4 is 15.8 Å². The average Bonchev–Trinajstić information content (AvgIpc) is 2.34. The predicted molar refractivity (Wildman–Crippen MR) is 65.0 cm³/mol. The van der Waals surface area contributed by atoms with Gasteiger partial charge in [0.25, 0.3) is 0 Å². The Morgan fingerprint density at radius 3 is 2.65 bits per heavy atom. The van der Waals surface area contributed by atoms with Crippen LogP contribution >= 0.6 is 0 Å².